The zero-order chi connectivity index (χ0) is 13.2. The molecule has 0 fully saturated rings. The molecule has 0 bridgehead atoms. The minimum Gasteiger partial charge on any atom is -0.508 e. The molecule has 96 valence electrons. The van der Waals surface area contributed by atoms with Crippen LogP contribution >= 0.6 is 0 Å². The minimum atomic E-state index is -0.0233. The second kappa shape index (κ2) is 5.09. The van der Waals surface area contributed by atoms with Gasteiger partial charge in [-0.2, -0.15) is 0 Å². The Morgan fingerprint density at radius 2 is 1.88 bits per heavy atom. The Hall–Kier alpha value is -1.02. The van der Waals surface area contributed by atoms with Gasteiger partial charge in [0.1, 0.15) is 5.75 Å². The van der Waals surface area contributed by atoms with E-state index in [1.54, 1.807) is 0 Å². The Bertz CT molecular complexity index is 391. The van der Waals surface area contributed by atoms with Crippen LogP contribution in [0.1, 0.15) is 56.7 Å². The van der Waals surface area contributed by atoms with Crippen LogP contribution in [0.2, 0.25) is 0 Å². The van der Waals surface area contributed by atoms with Crippen LogP contribution in [0.15, 0.2) is 12.1 Å². The number of aryl methyl sites for hydroxylation is 1. The molecule has 3 N–H and O–H groups in total. The maximum absolute atomic E-state index is 10.1. The van der Waals surface area contributed by atoms with Gasteiger partial charge in [0.2, 0.25) is 0 Å². The molecule has 0 heterocycles. The Kier molecular flexibility index (Phi) is 4.21. The molecular weight excluding hydrogens is 210 g/mol. The van der Waals surface area contributed by atoms with E-state index < -0.39 is 0 Å². The van der Waals surface area contributed by atoms with Crippen LogP contribution in [0.3, 0.4) is 0 Å². The van der Waals surface area contributed by atoms with Gasteiger partial charge in [-0.25, -0.2) is 0 Å². The first-order chi connectivity index (χ1) is 7.77. The molecule has 0 spiro atoms. The Labute approximate surface area is 105 Å². The van der Waals surface area contributed by atoms with Crippen LogP contribution in [0.4, 0.5) is 0 Å². The molecule has 1 aromatic rings. The number of aromatic hydroxyl groups is 1. The van der Waals surface area contributed by atoms with Crippen molar-refractivity contribution in [3.05, 3.63) is 28.8 Å². The zero-order valence-electron chi connectivity index (χ0n) is 11.7. The Morgan fingerprint density at radius 3 is 2.35 bits per heavy atom. The van der Waals surface area contributed by atoms with Crippen molar-refractivity contribution in [3.8, 4) is 5.75 Å². The van der Waals surface area contributed by atoms with E-state index in [9.17, 15) is 5.11 Å². The van der Waals surface area contributed by atoms with E-state index in [0.29, 0.717) is 18.2 Å². The highest BCUT2D eigenvalue weighted by Crippen LogP contribution is 2.35. The topological polar surface area (TPSA) is 46.2 Å². The van der Waals surface area contributed by atoms with Gasteiger partial charge in [0.15, 0.2) is 0 Å². The fraction of sp³-hybridized carbons (Fsp3) is 0.600. The van der Waals surface area contributed by atoms with E-state index in [0.717, 1.165) is 12.0 Å². The van der Waals surface area contributed by atoms with Crippen molar-refractivity contribution in [2.24, 2.45) is 5.73 Å². The number of hydrogen-bond acceptors (Lipinski definition) is 2. The summed E-state index contributed by atoms with van der Waals surface area (Å²) in [5.41, 5.74) is 9.03. The normalized spacial score (nSPS) is 13.8. The zero-order valence-corrected chi connectivity index (χ0v) is 11.7. The van der Waals surface area contributed by atoms with Gasteiger partial charge in [-0.05, 0) is 54.0 Å². The molecule has 0 saturated heterocycles. The van der Waals surface area contributed by atoms with Gasteiger partial charge in [0.05, 0.1) is 0 Å². The summed E-state index contributed by atoms with van der Waals surface area (Å²) in [5.74, 6) is 0.807. The van der Waals surface area contributed by atoms with E-state index in [4.69, 9.17) is 5.73 Å². The lowest BCUT2D eigenvalue weighted by molar-refractivity contribution is 0.444. The van der Waals surface area contributed by atoms with Gasteiger partial charge >= 0.3 is 0 Å². The van der Waals surface area contributed by atoms with Crippen molar-refractivity contribution in [1.82, 2.24) is 0 Å². The SMILES string of the molecule is Cc1cc(C(C)(C)C)c(O)cc1C(C)CCN. The summed E-state index contributed by atoms with van der Waals surface area (Å²) in [6, 6.07) is 4.02. The number of rotatable bonds is 3. The van der Waals surface area contributed by atoms with Crippen molar-refractivity contribution in [2.75, 3.05) is 6.54 Å². The lowest BCUT2D eigenvalue weighted by Gasteiger charge is -2.23. The molecule has 17 heavy (non-hydrogen) atoms. The van der Waals surface area contributed by atoms with Crippen molar-refractivity contribution in [3.63, 3.8) is 0 Å². The van der Waals surface area contributed by atoms with Crippen molar-refractivity contribution in [2.45, 2.75) is 52.4 Å². The highest BCUT2D eigenvalue weighted by molar-refractivity contribution is 5.45. The molecule has 0 amide bonds. The summed E-state index contributed by atoms with van der Waals surface area (Å²) in [4.78, 5) is 0. The average Bonchev–Trinajstić information content (AvgIpc) is 2.19. The van der Waals surface area contributed by atoms with Crippen molar-refractivity contribution >= 4 is 0 Å². The van der Waals surface area contributed by atoms with Gasteiger partial charge in [0, 0.05) is 0 Å². The van der Waals surface area contributed by atoms with E-state index in [2.05, 4.69) is 40.7 Å². The summed E-state index contributed by atoms with van der Waals surface area (Å²) in [6.07, 6.45) is 0.954. The van der Waals surface area contributed by atoms with E-state index >= 15 is 0 Å². The smallest absolute Gasteiger partial charge is 0.119 e. The maximum atomic E-state index is 10.1. The van der Waals surface area contributed by atoms with Gasteiger partial charge in [-0.1, -0.05) is 33.8 Å². The number of nitrogens with two attached hydrogens (primary N) is 1. The summed E-state index contributed by atoms with van der Waals surface area (Å²) in [5, 5.41) is 10.1. The van der Waals surface area contributed by atoms with E-state index in [1.165, 1.54) is 11.1 Å². The monoisotopic (exact) mass is 235 g/mol. The standard InChI is InChI=1S/C15H25NO/c1-10(6-7-16)12-9-14(17)13(8-11(12)2)15(3,4)5/h8-10,17H,6-7,16H2,1-5H3. The van der Waals surface area contributed by atoms with E-state index in [1.807, 2.05) is 6.07 Å². The van der Waals surface area contributed by atoms with Crippen molar-refractivity contribution < 1.29 is 5.11 Å². The first-order valence-corrected chi connectivity index (χ1v) is 6.31. The quantitative estimate of drug-likeness (QED) is 0.843. The molecular formula is C15H25NO. The number of phenolic OH excluding ortho intramolecular Hbond substituents is 1. The van der Waals surface area contributed by atoms with E-state index in [-0.39, 0.29) is 5.41 Å². The van der Waals surface area contributed by atoms with Gasteiger partial charge < -0.3 is 10.8 Å². The highest BCUT2D eigenvalue weighted by atomic mass is 16.3. The van der Waals surface area contributed by atoms with Crippen LogP contribution in [0.5, 0.6) is 5.75 Å². The molecule has 2 heteroatoms. The lowest BCUT2D eigenvalue weighted by atomic mass is 9.82. The predicted molar refractivity (Wildman–Crippen MR) is 73.6 cm³/mol. The third-order valence-corrected chi connectivity index (χ3v) is 3.32. The van der Waals surface area contributed by atoms with Gasteiger partial charge in [-0.15, -0.1) is 0 Å². The molecule has 0 aliphatic carbocycles. The fourth-order valence-corrected chi connectivity index (χ4v) is 2.25. The largest absolute Gasteiger partial charge is 0.508 e. The molecule has 1 rings (SSSR count). The highest BCUT2D eigenvalue weighted by Gasteiger charge is 2.20. The predicted octanol–water partition coefficient (Wildman–Crippen LogP) is 3.45. The van der Waals surface area contributed by atoms with Crippen LogP contribution in [0, 0.1) is 6.92 Å². The Balaban J connectivity index is 3.18. The van der Waals surface area contributed by atoms with Crippen molar-refractivity contribution in [1.29, 1.82) is 0 Å². The molecule has 1 atom stereocenters. The molecule has 0 radical (unpaired) electrons. The molecule has 1 aromatic carbocycles. The summed E-state index contributed by atoms with van der Waals surface area (Å²) in [6.45, 7) is 11.3. The van der Waals surface area contributed by atoms with Gasteiger partial charge in [-0.3, -0.25) is 0 Å². The molecule has 2 nitrogen and oxygen atoms in total. The van der Waals surface area contributed by atoms with Crippen LogP contribution in [-0.4, -0.2) is 11.7 Å². The number of hydrogen-bond donors (Lipinski definition) is 2. The third-order valence-electron chi connectivity index (χ3n) is 3.32. The third kappa shape index (κ3) is 3.22. The lowest BCUT2D eigenvalue weighted by Crippen LogP contribution is -2.13. The van der Waals surface area contributed by atoms with Crippen LogP contribution in [-0.2, 0) is 5.41 Å². The average molecular weight is 235 g/mol. The summed E-state index contributed by atoms with van der Waals surface area (Å²) >= 11 is 0. The molecule has 0 aliphatic rings. The second-order valence-corrected chi connectivity index (χ2v) is 5.95. The first kappa shape index (κ1) is 14.0. The Morgan fingerprint density at radius 1 is 1.29 bits per heavy atom. The van der Waals surface area contributed by atoms with Gasteiger partial charge in [0.25, 0.3) is 0 Å². The molecule has 0 saturated carbocycles. The second-order valence-electron chi connectivity index (χ2n) is 5.95. The molecule has 1 unspecified atom stereocenters. The first-order valence-electron chi connectivity index (χ1n) is 6.31. The molecule has 0 aliphatic heterocycles. The minimum absolute atomic E-state index is 0.0233. The number of phenols is 1. The van der Waals surface area contributed by atoms with Crippen LogP contribution < -0.4 is 5.73 Å². The number of benzene rings is 1. The van der Waals surface area contributed by atoms with Crippen LogP contribution in [0.25, 0.3) is 0 Å². The summed E-state index contributed by atoms with van der Waals surface area (Å²) < 4.78 is 0. The molecule has 0 aromatic heterocycles. The maximum Gasteiger partial charge on any atom is 0.119 e. The fourth-order valence-electron chi connectivity index (χ4n) is 2.25. The summed E-state index contributed by atoms with van der Waals surface area (Å²) in [7, 11) is 0.